The molecular formula is C22H26N6O2. The topological polar surface area (TPSA) is 89.5 Å². The maximum atomic E-state index is 11.7. The Labute approximate surface area is 175 Å². The quantitative estimate of drug-likeness (QED) is 0.643. The van der Waals surface area contributed by atoms with Crippen molar-refractivity contribution in [3.05, 3.63) is 71.7 Å². The Morgan fingerprint density at radius 3 is 2.63 bits per heavy atom. The number of nitrogens with two attached hydrogens (primary N) is 1. The van der Waals surface area contributed by atoms with Crippen molar-refractivity contribution in [2.45, 2.75) is 13.1 Å². The molecule has 3 aromatic rings. The summed E-state index contributed by atoms with van der Waals surface area (Å²) in [5, 5.41) is 4.30. The van der Waals surface area contributed by atoms with Crippen molar-refractivity contribution in [2.75, 3.05) is 38.2 Å². The number of primary amides is 1. The lowest BCUT2D eigenvalue weighted by molar-refractivity contribution is 0.1000. The predicted octanol–water partition coefficient (Wildman–Crippen LogP) is 1.76. The molecule has 2 N–H and O–H groups in total. The van der Waals surface area contributed by atoms with Gasteiger partial charge in [0, 0.05) is 56.9 Å². The van der Waals surface area contributed by atoms with E-state index in [0.29, 0.717) is 17.9 Å². The van der Waals surface area contributed by atoms with E-state index in [1.165, 1.54) is 5.56 Å². The van der Waals surface area contributed by atoms with Gasteiger partial charge in [-0.2, -0.15) is 5.10 Å². The van der Waals surface area contributed by atoms with Gasteiger partial charge in [-0.3, -0.25) is 14.4 Å². The van der Waals surface area contributed by atoms with Crippen molar-refractivity contribution >= 4 is 11.7 Å². The molecule has 1 fully saturated rings. The SMILES string of the molecule is COc1ccc(CN2CCN(c3ncccc3C(N)=O)CC2)cc1Cn1cccn1. The molecule has 0 atom stereocenters. The fourth-order valence-electron chi connectivity index (χ4n) is 3.84. The molecule has 8 nitrogen and oxygen atoms in total. The number of benzene rings is 1. The van der Waals surface area contributed by atoms with Crippen LogP contribution in [-0.4, -0.2) is 58.9 Å². The molecule has 0 spiro atoms. The zero-order chi connectivity index (χ0) is 20.9. The number of anilines is 1. The van der Waals surface area contributed by atoms with E-state index < -0.39 is 5.91 Å². The zero-order valence-corrected chi connectivity index (χ0v) is 17.1. The maximum absolute atomic E-state index is 11.7. The molecule has 0 saturated carbocycles. The summed E-state index contributed by atoms with van der Waals surface area (Å²) >= 11 is 0. The number of rotatable bonds is 7. The molecule has 30 heavy (non-hydrogen) atoms. The normalized spacial score (nSPS) is 14.6. The summed E-state index contributed by atoms with van der Waals surface area (Å²) in [6.45, 7) is 4.90. The smallest absolute Gasteiger partial charge is 0.252 e. The average Bonchev–Trinajstić information content (AvgIpc) is 3.28. The molecule has 1 saturated heterocycles. The number of amides is 1. The second-order valence-electron chi connectivity index (χ2n) is 7.35. The molecule has 0 radical (unpaired) electrons. The number of nitrogens with zero attached hydrogens (tertiary/aromatic N) is 5. The first-order chi connectivity index (χ1) is 14.6. The van der Waals surface area contributed by atoms with Gasteiger partial charge in [-0.1, -0.05) is 6.07 Å². The highest BCUT2D eigenvalue weighted by molar-refractivity contribution is 5.97. The highest BCUT2D eigenvalue weighted by atomic mass is 16.5. The van der Waals surface area contributed by atoms with E-state index in [4.69, 9.17) is 10.5 Å². The van der Waals surface area contributed by atoms with E-state index >= 15 is 0 Å². The van der Waals surface area contributed by atoms with Gasteiger partial charge in [0.05, 0.1) is 19.2 Å². The fraction of sp³-hybridized carbons (Fsp3) is 0.318. The monoisotopic (exact) mass is 406 g/mol. The first-order valence-electron chi connectivity index (χ1n) is 9.99. The lowest BCUT2D eigenvalue weighted by Crippen LogP contribution is -2.46. The molecule has 2 aromatic heterocycles. The van der Waals surface area contributed by atoms with Crippen LogP contribution in [0.4, 0.5) is 5.82 Å². The van der Waals surface area contributed by atoms with Crippen LogP contribution < -0.4 is 15.4 Å². The lowest BCUT2D eigenvalue weighted by Gasteiger charge is -2.36. The number of carbonyl (C=O) groups excluding carboxylic acids is 1. The minimum atomic E-state index is -0.441. The Morgan fingerprint density at radius 1 is 1.10 bits per heavy atom. The number of ether oxygens (including phenoxy) is 1. The Kier molecular flexibility index (Phi) is 5.94. The lowest BCUT2D eigenvalue weighted by atomic mass is 10.1. The van der Waals surface area contributed by atoms with Crippen LogP contribution in [-0.2, 0) is 13.1 Å². The van der Waals surface area contributed by atoms with Crippen LogP contribution in [0.25, 0.3) is 0 Å². The Balaban J connectivity index is 1.41. The van der Waals surface area contributed by atoms with E-state index in [-0.39, 0.29) is 0 Å². The first kappa shape index (κ1) is 19.9. The van der Waals surface area contributed by atoms with E-state index in [1.807, 2.05) is 23.0 Å². The van der Waals surface area contributed by atoms with E-state index in [0.717, 1.165) is 44.0 Å². The summed E-state index contributed by atoms with van der Waals surface area (Å²) in [4.78, 5) is 20.6. The number of aromatic nitrogens is 3. The Bertz CT molecular complexity index is 997. The molecule has 1 aliphatic rings. The second-order valence-corrected chi connectivity index (χ2v) is 7.35. The molecular weight excluding hydrogens is 380 g/mol. The summed E-state index contributed by atoms with van der Waals surface area (Å²) in [5.74, 6) is 1.10. The third-order valence-electron chi connectivity index (χ3n) is 5.37. The number of hydrogen-bond donors (Lipinski definition) is 1. The second kappa shape index (κ2) is 8.96. The van der Waals surface area contributed by atoms with Crippen LogP contribution >= 0.6 is 0 Å². The molecule has 0 bridgehead atoms. The van der Waals surface area contributed by atoms with Crippen molar-refractivity contribution in [1.29, 1.82) is 0 Å². The summed E-state index contributed by atoms with van der Waals surface area (Å²) in [7, 11) is 1.69. The minimum absolute atomic E-state index is 0.441. The number of piperazine rings is 1. The van der Waals surface area contributed by atoms with Gasteiger partial charge in [-0.05, 0) is 35.9 Å². The van der Waals surface area contributed by atoms with Gasteiger partial charge in [-0.25, -0.2) is 4.98 Å². The van der Waals surface area contributed by atoms with Crippen LogP contribution in [0.15, 0.2) is 55.0 Å². The summed E-state index contributed by atoms with van der Waals surface area (Å²) in [5.41, 5.74) is 8.33. The molecule has 1 aromatic carbocycles. The molecule has 4 rings (SSSR count). The van der Waals surface area contributed by atoms with E-state index in [2.05, 4.69) is 32.0 Å². The van der Waals surface area contributed by atoms with Crippen LogP contribution in [0.2, 0.25) is 0 Å². The standard InChI is InChI=1S/C22H26N6O2/c1-30-20-6-5-17(14-18(20)16-28-9-3-8-25-28)15-26-10-12-27(13-11-26)22-19(21(23)29)4-2-7-24-22/h2-9,14H,10-13,15-16H2,1H3,(H2,23,29). The molecule has 0 aliphatic carbocycles. The number of carbonyl (C=O) groups is 1. The largest absolute Gasteiger partial charge is 0.496 e. The van der Waals surface area contributed by atoms with Gasteiger partial charge >= 0.3 is 0 Å². The third-order valence-corrected chi connectivity index (χ3v) is 5.37. The molecule has 3 heterocycles. The van der Waals surface area contributed by atoms with Crippen LogP contribution in [0.3, 0.4) is 0 Å². The van der Waals surface area contributed by atoms with E-state index in [9.17, 15) is 4.79 Å². The summed E-state index contributed by atoms with van der Waals surface area (Å²) in [6.07, 6.45) is 5.43. The zero-order valence-electron chi connectivity index (χ0n) is 17.1. The van der Waals surface area contributed by atoms with E-state index in [1.54, 1.807) is 31.6 Å². The highest BCUT2D eigenvalue weighted by Crippen LogP contribution is 2.23. The first-order valence-corrected chi connectivity index (χ1v) is 9.99. The van der Waals surface area contributed by atoms with Crippen molar-refractivity contribution in [3.8, 4) is 5.75 Å². The summed E-state index contributed by atoms with van der Waals surface area (Å²) < 4.78 is 7.42. The van der Waals surface area contributed by atoms with Gasteiger partial charge in [0.2, 0.25) is 0 Å². The van der Waals surface area contributed by atoms with Crippen molar-refractivity contribution in [1.82, 2.24) is 19.7 Å². The molecule has 0 unspecified atom stereocenters. The highest BCUT2D eigenvalue weighted by Gasteiger charge is 2.22. The minimum Gasteiger partial charge on any atom is -0.496 e. The maximum Gasteiger partial charge on any atom is 0.252 e. The van der Waals surface area contributed by atoms with Crippen LogP contribution in [0, 0.1) is 0 Å². The van der Waals surface area contributed by atoms with Gasteiger partial charge in [0.15, 0.2) is 0 Å². The molecule has 8 heteroatoms. The van der Waals surface area contributed by atoms with Crippen molar-refractivity contribution in [2.24, 2.45) is 5.73 Å². The Morgan fingerprint density at radius 2 is 1.93 bits per heavy atom. The summed E-state index contributed by atoms with van der Waals surface area (Å²) in [6, 6.07) is 11.7. The number of pyridine rings is 1. The number of methoxy groups -OCH3 is 1. The van der Waals surface area contributed by atoms with Crippen LogP contribution in [0.5, 0.6) is 5.75 Å². The van der Waals surface area contributed by atoms with Gasteiger partial charge in [0.25, 0.3) is 5.91 Å². The van der Waals surface area contributed by atoms with Gasteiger partial charge in [-0.15, -0.1) is 0 Å². The third kappa shape index (κ3) is 4.44. The molecule has 156 valence electrons. The van der Waals surface area contributed by atoms with Gasteiger partial charge < -0.3 is 15.4 Å². The number of hydrogen-bond acceptors (Lipinski definition) is 6. The van der Waals surface area contributed by atoms with Crippen LogP contribution in [0.1, 0.15) is 21.5 Å². The van der Waals surface area contributed by atoms with Crippen molar-refractivity contribution in [3.63, 3.8) is 0 Å². The molecule has 1 aliphatic heterocycles. The Hall–Kier alpha value is -3.39. The average molecular weight is 406 g/mol. The molecule has 1 amide bonds. The van der Waals surface area contributed by atoms with Crippen molar-refractivity contribution < 1.29 is 9.53 Å². The fourth-order valence-corrected chi connectivity index (χ4v) is 3.84. The predicted molar refractivity (Wildman–Crippen MR) is 115 cm³/mol. The van der Waals surface area contributed by atoms with Gasteiger partial charge in [0.1, 0.15) is 11.6 Å².